The van der Waals surface area contributed by atoms with E-state index in [-0.39, 0.29) is 12.3 Å². The second kappa shape index (κ2) is 5.14. The van der Waals surface area contributed by atoms with Crippen LogP contribution in [-0.2, 0) is 4.79 Å². The third-order valence-corrected chi connectivity index (χ3v) is 0.975. The smallest absolute Gasteiger partial charge is 0.168 e. The van der Waals surface area contributed by atoms with Crippen molar-refractivity contribution >= 4 is 5.78 Å². The lowest BCUT2D eigenvalue weighted by Crippen LogP contribution is -2.13. The van der Waals surface area contributed by atoms with Gasteiger partial charge in [-0.2, -0.15) is 0 Å². The van der Waals surface area contributed by atoms with Gasteiger partial charge in [-0.15, -0.1) is 0 Å². The van der Waals surface area contributed by atoms with Crippen molar-refractivity contribution < 1.29 is 4.79 Å². The lowest BCUT2D eigenvalue weighted by Gasteiger charge is -2.02. The molecule has 0 aliphatic carbocycles. The first-order valence-corrected chi connectivity index (χ1v) is 3.21. The number of rotatable bonds is 4. The molecule has 0 saturated heterocycles. The predicted octanol–water partition coefficient (Wildman–Crippen LogP) is -0.368. The summed E-state index contributed by atoms with van der Waals surface area (Å²) in [7, 11) is 3.88. The van der Waals surface area contributed by atoms with Gasteiger partial charge in [0.25, 0.3) is 0 Å². The third-order valence-electron chi connectivity index (χ3n) is 0.975. The minimum absolute atomic E-state index is 0.0261. The fourth-order valence-electron chi connectivity index (χ4n) is 0.463. The summed E-state index contributed by atoms with van der Waals surface area (Å²) in [5.74, 6) is -0.0261. The lowest BCUT2D eigenvalue weighted by atomic mass is 10.3. The predicted molar refractivity (Wildman–Crippen MR) is 41.8 cm³/mol. The Morgan fingerprint density at radius 2 is 2.20 bits per heavy atom. The molecule has 0 aliphatic heterocycles. The fourth-order valence-corrected chi connectivity index (χ4v) is 0.463. The van der Waals surface area contributed by atoms with Gasteiger partial charge in [0.05, 0.1) is 6.54 Å². The summed E-state index contributed by atoms with van der Waals surface area (Å²) in [4.78, 5) is 12.5. The first kappa shape index (κ1) is 9.33. The number of carbonyl (C=O) groups excluding carboxylic acids is 1. The highest BCUT2D eigenvalue weighted by Crippen LogP contribution is 1.78. The molecule has 0 radical (unpaired) electrons. The van der Waals surface area contributed by atoms with Crippen molar-refractivity contribution in [3.8, 4) is 0 Å². The van der Waals surface area contributed by atoms with Crippen LogP contribution in [0.15, 0.2) is 12.2 Å². The Hall–Kier alpha value is -0.670. The minimum Gasteiger partial charge on any atom is -0.324 e. The molecule has 0 atom stereocenters. The normalized spacial score (nSPS) is 11.2. The first-order valence-electron chi connectivity index (χ1n) is 3.21. The van der Waals surface area contributed by atoms with Crippen LogP contribution in [0, 0.1) is 0 Å². The van der Waals surface area contributed by atoms with E-state index in [4.69, 9.17) is 5.73 Å². The molecule has 0 aromatic heterocycles. The molecule has 0 heterocycles. The monoisotopic (exact) mass is 142 g/mol. The molecule has 10 heavy (non-hydrogen) atoms. The van der Waals surface area contributed by atoms with E-state index in [0.29, 0.717) is 0 Å². The van der Waals surface area contributed by atoms with Crippen molar-refractivity contribution in [2.24, 2.45) is 5.73 Å². The van der Waals surface area contributed by atoms with Crippen molar-refractivity contribution in [2.75, 3.05) is 27.2 Å². The van der Waals surface area contributed by atoms with E-state index >= 15 is 0 Å². The maximum absolute atomic E-state index is 10.6. The Bertz CT molecular complexity index is 130. The van der Waals surface area contributed by atoms with Gasteiger partial charge in [-0.3, -0.25) is 4.79 Å². The molecule has 0 amide bonds. The van der Waals surface area contributed by atoms with Gasteiger partial charge in [-0.05, 0) is 20.2 Å². The maximum Gasteiger partial charge on any atom is 0.168 e. The van der Waals surface area contributed by atoms with Crippen LogP contribution >= 0.6 is 0 Å². The Morgan fingerprint density at radius 3 is 2.60 bits per heavy atom. The van der Waals surface area contributed by atoms with Crippen LogP contribution in [-0.4, -0.2) is 37.9 Å². The van der Waals surface area contributed by atoms with Crippen LogP contribution < -0.4 is 5.73 Å². The molecule has 58 valence electrons. The average Bonchev–Trinajstić information content (AvgIpc) is 1.87. The van der Waals surface area contributed by atoms with Crippen LogP contribution in [0.3, 0.4) is 0 Å². The molecular weight excluding hydrogens is 128 g/mol. The van der Waals surface area contributed by atoms with Gasteiger partial charge in [0.15, 0.2) is 5.78 Å². The summed E-state index contributed by atoms with van der Waals surface area (Å²) < 4.78 is 0. The van der Waals surface area contributed by atoms with Crippen molar-refractivity contribution in [1.29, 1.82) is 0 Å². The van der Waals surface area contributed by atoms with Gasteiger partial charge in [0, 0.05) is 6.54 Å². The zero-order valence-electron chi connectivity index (χ0n) is 6.50. The quantitative estimate of drug-likeness (QED) is 0.545. The van der Waals surface area contributed by atoms with E-state index in [1.54, 1.807) is 6.08 Å². The molecule has 0 aromatic rings. The van der Waals surface area contributed by atoms with Gasteiger partial charge in [0.1, 0.15) is 0 Å². The zero-order chi connectivity index (χ0) is 7.98. The molecule has 0 aliphatic rings. The van der Waals surface area contributed by atoms with Crippen LogP contribution in [0.1, 0.15) is 0 Å². The standard InChI is InChI=1S/C7H14N2O/c1-9(2)5-3-4-7(10)6-8/h3-4H,5-6,8H2,1-2H3/b4-3+. The largest absolute Gasteiger partial charge is 0.324 e. The summed E-state index contributed by atoms with van der Waals surface area (Å²) in [6.45, 7) is 0.885. The third kappa shape index (κ3) is 5.47. The molecule has 0 saturated carbocycles. The van der Waals surface area contributed by atoms with Gasteiger partial charge in [0.2, 0.25) is 0 Å². The van der Waals surface area contributed by atoms with Gasteiger partial charge in [-0.25, -0.2) is 0 Å². The van der Waals surface area contributed by atoms with Crippen LogP contribution in [0.25, 0.3) is 0 Å². The molecule has 0 bridgehead atoms. The molecule has 2 N–H and O–H groups in total. The van der Waals surface area contributed by atoms with Crippen LogP contribution in [0.4, 0.5) is 0 Å². The topological polar surface area (TPSA) is 46.3 Å². The number of hydrogen-bond acceptors (Lipinski definition) is 3. The van der Waals surface area contributed by atoms with Crippen molar-refractivity contribution in [3.63, 3.8) is 0 Å². The van der Waals surface area contributed by atoms with E-state index in [2.05, 4.69) is 0 Å². The number of likely N-dealkylation sites (N-methyl/N-ethyl adjacent to an activating group) is 1. The Kier molecular flexibility index (Phi) is 4.80. The van der Waals surface area contributed by atoms with Gasteiger partial charge >= 0.3 is 0 Å². The molecule has 0 rings (SSSR count). The van der Waals surface area contributed by atoms with Crippen LogP contribution in [0.5, 0.6) is 0 Å². The van der Waals surface area contributed by atoms with E-state index in [1.165, 1.54) is 6.08 Å². The van der Waals surface area contributed by atoms with Crippen molar-refractivity contribution in [2.45, 2.75) is 0 Å². The van der Waals surface area contributed by atoms with Gasteiger partial charge < -0.3 is 10.6 Å². The van der Waals surface area contributed by atoms with Gasteiger partial charge in [-0.1, -0.05) is 6.08 Å². The van der Waals surface area contributed by atoms with Crippen molar-refractivity contribution in [3.05, 3.63) is 12.2 Å². The number of nitrogens with two attached hydrogens (primary N) is 1. The summed E-state index contributed by atoms with van der Waals surface area (Å²) in [5.41, 5.74) is 5.07. The second-order valence-electron chi connectivity index (χ2n) is 2.34. The summed E-state index contributed by atoms with van der Waals surface area (Å²) in [6, 6.07) is 0. The molecule has 0 aromatic carbocycles. The SMILES string of the molecule is CN(C)C/C=C/C(=O)CN. The average molecular weight is 142 g/mol. The first-order chi connectivity index (χ1) is 4.66. The van der Waals surface area contributed by atoms with E-state index in [9.17, 15) is 4.79 Å². The van der Waals surface area contributed by atoms with Crippen LogP contribution in [0.2, 0.25) is 0 Å². The highest BCUT2D eigenvalue weighted by Gasteiger charge is 1.88. The molecule has 0 fully saturated rings. The number of carbonyl (C=O) groups is 1. The molecule has 3 nitrogen and oxygen atoms in total. The Balaban J connectivity index is 3.46. The molecule has 3 heteroatoms. The molecular formula is C7H14N2O. The molecule has 0 spiro atoms. The lowest BCUT2D eigenvalue weighted by molar-refractivity contribution is -0.113. The Labute approximate surface area is 61.5 Å². The fraction of sp³-hybridized carbons (Fsp3) is 0.571. The number of nitrogens with zero attached hydrogens (tertiary/aromatic N) is 1. The minimum atomic E-state index is -0.0261. The highest BCUT2D eigenvalue weighted by molar-refractivity contribution is 5.91. The number of hydrogen-bond donors (Lipinski definition) is 1. The van der Waals surface area contributed by atoms with E-state index in [0.717, 1.165) is 6.54 Å². The summed E-state index contributed by atoms with van der Waals surface area (Å²) in [6.07, 6.45) is 3.31. The highest BCUT2D eigenvalue weighted by atomic mass is 16.1. The second-order valence-corrected chi connectivity index (χ2v) is 2.34. The zero-order valence-corrected chi connectivity index (χ0v) is 6.50. The van der Waals surface area contributed by atoms with Crippen molar-refractivity contribution in [1.82, 2.24) is 4.90 Å². The number of ketones is 1. The maximum atomic E-state index is 10.6. The summed E-state index contributed by atoms with van der Waals surface area (Å²) in [5, 5.41) is 0. The molecule has 0 unspecified atom stereocenters. The Morgan fingerprint density at radius 1 is 1.60 bits per heavy atom. The van der Waals surface area contributed by atoms with E-state index < -0.39 is 0 Å². The summed E-state index contributed by atoms with van der Waals surface area (Å²) >= 11 is 0. The van der Waals surface area contributed by atoms with E-state index in [1.807, 2.05) is 19.0 Å².